The predicted octanol–water partition coefficient (Wildman–Crippen LogP) is 4.40. The normalized spacial score (nSPS) is 10.9. The van der Waals surface area contributed by atoms with Crippen LogP contribution in [0.4, 0.5) is 5.95 Å². The zero-order chi connectivity index (χ0) is 26.4. The van der Waals surface area contributed by atoms with Gasteiger partial charge in [-0.2, -0.15) is 4.98 Å². The molecule has 0 aliphatic rings. The third-order valence-electron chi connectivity index (χ3n) is 5.61. The average molecular weight is 531 g/mol. The Bertz CT molecular complexity index is 932. The Morgan fingerprint density at radius 2 is 1.65 bits per heavy atom. The van der Waals surface area contributed by atoms with Gasteiger partial charge in [0.25, 0.3) is 5.56 Å². The van der Waals surface area contributed by atoms with Gasteiger partial charge < -0.3 is 20.7 Å². The molecule has 5 N–H and O–H groups in total. The summed E-state index contributed by atoms with van der Waals surface area (Å²) in [6.45, 7) is 2.56. The van der Waals surface area contributed by atoms with E-state index in [1.54, 1.807) is 0 Å². The van der Waals surface area contributed by atoms with Gasteiger partial charge in [-0.25, -0.2) is 4.98 Å². The van der Waals surface area contributed by atoms with E-state index in [0.29, 0.717) is 12.1 Å². The van der Waals surface area contributed by atoms with Gasteiger partial charge in [0.2, 0.25) is 5.95 Å². The van der Waals surface area contributed by atoms with Crippen LogP contribution in [0.3, 0.4) is 0 Å². The Balaban J connectivity index is 0.000000694. The summed E-state index contributed by atoms with van der Waals surface area (Å²) in [5.74, 6) is -0.635. The standard InChI is InChI=1S/C18H34O2.C8H11N5O3.Na/c1-2-3-4-5-6-7-8-9-10-11-12-13-14-15-16-17-18(19)20;9-8-11-6-5(7(15)12-8)10-3-13(6)4-16-2-1-14;/h9-10H,2-8,11-17H2,1H3,(H,19,20);3,14H,1-2,4H2,(H3,9,11,12,15);/b10-9-;;. The summed E-state index contributed by atoms with van der Waals surface area (Å²) in [6, 6.07) is 0. The van der Waals surface area contributed by atoms with E-state index >= 15 is 0 Å². The number of carboxylic acids is 1. The fourth-order valence-corrected chi connectivity index (χ4v) is 3.64. The van der Waals surface area contributed by atoms with Crippen LogP contribution >= 0.6 is 0 Å². The summed E-state index contributed by atoms with van der Waals surface area (Å²) in [5.41, 5.74) is 5.60. The van der Waals surface area contributed by atoms with Crippen molar-refractivity contribution in [3.8, 4) is 0 Å². The zero-order valence-electron chi connectivity index (χ0n) is 22.8. The van der Waals surface area contributed by atoms with Crippen molar-refractivity contribution in [2.45, 2.75) is 104 Å². The molecule has 0 spiro atoms. The van der Waals surface area contributed by atoms with Gasteiger partial charge in [0, 0.05) is 36.0 Å². The molecule has 0 fully saturated rings. The fraction of sp³-hybridized carbons (Fsp3) is 0.692. The number of allylic oxidation sites excluding steroid dienone is 2. The minimum Gasteiger partial charge on any atom is -0.481 e. The first-order valence-electron chi connectivity index (χ1n) is 13.3. The summed E-state index contributed by atoms with van der Waals surface area (Å²) < 4.78 is 6.63. The molecular formula is C26H45N5NaO5. The maximum Gasteiger partial charge on any atom is 0.303 e. The molecule has 11 heteroatoms. The van der Waals surface area contributed by atoms with E-state index in [2.05, 4.69) is 34.0 Å². The van der Waals surface area contributed by atoms with Crippen molar-refractivity contribution in [1.82, 2.24) is 19.5 Å². The molecule has 10 nitrogen and oxygen atoms in total. The van der Waals surface area contributed by atoms with Gasteiger partial charge in [0.05, 0.1) is 19.5 Å². The van der Waals surface area contributed by atoms with Crippen LogP contribution in [0.15, 0.2) is 23.3 Å². The number of hydrogen-bond donors (Lipinski definition) is 4. The number of unbranched alkanes of at least 4 members (excludes halogenated alkanes) is 11. The molecule has 0 amide bonds. The zero-order valence-corrected chi connectivity index (χ0v) is 24.8. The number of anilines is 1. The number of aromatic nitrogens is 4. The second-order valence-electron chi connectivity index (χ2n) is 8.83. The minimum atomic E-state index is -0.664. The van der Waals surface area contributed by atoms with Crippen molar-refractivity contribution in [2.24, 2.45) is 0 Å². The van der Waals surface area contributed by atoms with E-state index in [4.69, 9.17) is 20.7 Å². The van der Waals surface area contributed by atoms with Gasteiger partial charge in [0.1, 0.15) is 6.73 Å². The molecule has 0 aliphatic heterocycles. The first kappa shape index (κ1) is 35.3. The third kappa shape index (κ3) is 17.4. The monoisotopic (exact) mass is 530 g/mol. The number of rotatable bonds is 19. The molecule has 0 aromatic carbocycles. The summed E-state index contributed by atoms with van der Waals surface area (Å²) in [5, 5.41) is 17.1. The number of hydrogen-bond acceptors (Lipinski definition) is 7. The van der Waals surface area contributed by atoms with Gasteiger partial charge >= 0.3 is 5.97 Å². The van der Waals surface area contributed by atoms with E-state index in [-0.39, 0.29) is 66.5 Å². The number of ether oxygens (including phenoxy) is 1. The molecule has 2 aromatic rings. The van der Waals surface area contributed by atoms with Crippen LogP contribution in [-0.4, -0.2) is 78.5 Å². The van der Waals surface area contributed by atoms with Gasteiger partial charge in [-0.1, -0.05) is 70.4 Å². The molecule has 0 saturated carbocycles. The van der Waals surface area contributed by atoms with Gasteiger partial charge in [0.15, 0.2) is 11.2 Å². The van der Waals surface area contributed by atoms with Crippen LogP contribution in [0, 0.1) is 0 Å². The number of fused-ring (bicyclic) bond motifs is 1. The Kier molecular flexibility index (Phi) is 22.3. The molecule has 0 unspecified atom stereocenters. The van der Waals surface area contributed by atoms with Crippen molar-refractivity contribution >= 4 is 52.6 Å². The summed E-state index contributed by atoms with van der Waals surface area (Å²) in [4.78, 5) is 31.9. The average Bonchev–Trinajstić information content (AvgIpc) is 3.25. The van der Waals surface area contributed by atoms with Crippen LogP contribution in [-0.2, 0) is 16.3 Å². The Hall–Kier alpha value is -1.72. The van der Waals surface area contributed by atoms with E-state index in [1.165, 1.54) is 81.5 Å². The van der Waals surface area contributed by atoms with Gasteiger partial charge in [-0.3, -0.25) is 19.1 Å². The van der Waals surface area contributed by atoms with Crippen LogP contribution < -0.4 is 11.3 Å². The van der Waals surface area contributed by atoms with Crippen LogP contribution in [0.25, 0.3) is 11.2 Å². The SMILES string of the molecule is CCCCCCCC/C=C\CCCCCCCC(=O)O.Nc1nc2c(ncn2COCCO)c(=O)[nH]1.[Na]. The second-order valence-corrected chi connectivity index (χ2v) is 8.83. The first-order valence-corrected chi connectivity index (χ1v) is 13.3. The van der Waals surface area contributed by atoms with Crippen molar-refractivity contribution in [2.75, 3.05) is 18.9 Å². The van der Waals surface area contributed by atoms with E-state index in [1.807, 2.05) is 0 Å². The van der Waals surface area contributed by atoms with Crippen molar-refractivity contribution in [3.63, 3.8) is 0 Å². The van der Waals surface area contributed by atoms with Crippen LogP contribution in [0.1, 0.15) is 96.8 Å². The summed E-state index contributed by atoms with van der Waals surface area (Å²) in [7, 11) is 0. The van der Waals surface area contributed by atoms with Crippen LogP contribution in [0.2, 0.25) is 0 Å². The first-order chi connectivity index (χ1) is 17.5. The quantitative estimate of drug-likeness (QED) is 0.118. The summed E-state index contributed by atoms with van der Waals surface area (Å²) >= 11 is 0. The Morgan fingerprint density at radius 3 is 2.24 bits per heavy atom. The summed E-state index contributed by atoms with van der Waals surface area (Å²) in [6.07, 6.45) is 22.7. The number of aliphatic hydroxyl groups is 1. The molecule has 0 aliphatic carbocycles. The van der Waals surface area contributed by atoms with Crippen LogP contribution in [0.5, 0.6) is 0 Å². The minimum absolute atomic E-state index is 0. The molecular weight excluding hydrogens is 485 g/mol. The number of nitrogens with one attached hydrogen (secondary N) is 1. The van der Waals surface area contributed by atoms with Crippen molar-refractivity contribution in [1.29, 1.82) is 0 Å². The number of nitrogens with zero attached hydrogens (tertiary/aromatic N) is 3. The smallest absolute Gasteiger partial charge is 0.303 e. The van der Waals surface area contributed by atoms with E-state index in [9.17, 15) is 9.59 Å². The maximum atomic E-state index is 11.4. The molecule has 0 atom stereocenters. The van der Waals surface area contributed by atoms with Crippen molar-refractivity contribution in [3.05, 3.63) is 28.8 Å². The van der Waals surface area contributed by atoms with Crippen molar-refractivity contribution < 1.29 is 19.7 Å². The Labute approximate surface area is 242 Å². The molecule has 2 rings (SSSR count). The second kappa shape index (κ2) is 23.4. The topological polar surface area (TPSA) is 156 Å². The molecule has 205 valence electrons. The molecule has 0 bridgehead atoms. The van der Waals surface area contributed by atoms with Gasteiger partial charge in [-0.15, -0.1) is 0 Å². The number of nitrogen functional groups attached to an aromatic ring is 1. The Morgan fingerprint density at radius 1 is 1.05 bits per heavy atom. The number of H-pyrrole nitrogens is 1. The number of aliphatic hydroxyl groups excluding tert-OH is 1. The maximum absolute atomic E-state index is 11.4. The molecule has 0 saturated heterocycles. The molecule has 37 heavy (non-hydrogen) atoms. The van der Waals surface area contributed by atoms with E-state index < -0.39 is 5.97 Å². The largest absolute Gasteiger partial charge is 0.481 e. The predicted molar refractivity (Wildman–Crippen MR) is 148 cm³/mol. The van der Waals surface area contributed by atoms with Gasteiger partial charge in [-0.05, 0) is 32.1 Å². The number of aromatic amines is 1. The molecule has 2 heterocycles. The number of nitrogens with two attached hydrogens (primary N) is 1. The molecule has 2 aromatic heterocycles. The fourth-order valence-electron chi connectivity index (χ4n) is 3.64. The molecule has 1 radical (unpaired) electrons. The van der Waals surface area contributed by atoms with E-state index in [0.717, 1.165) is 12.8 Å². The number of imidazole rings is 1. The third-order valence-corrected chi connectivity index (χ3v) is 5.61. The number of carboxylic acid groups (broad SMARTS) is 1. The number of aliphatic carboxylic acids is 1. The number of carbonyl (C=O) groups is 1.